The number of anilines is 1. The zero-order valence-electron chi connectivity index (χ0n) is 10.7. The van der Waals surface area contributed by atoms with Gasteiger partial charge < -0.3 is 9.64 Å². The average molecular weight is 230 g/mol. The van der Waals surface area contributed by atoms with E-state index >= 15 is 0 Å². The van der Waals surface area contributed by atoms with E-state index < -0.39 is 0 Å². The Labute approximate surface area is 103 Å². The summed E-state index contributed by atoms with van der Waals surface area (Å²) in [6.07, 6.45) is 0.545. The summed E-state index contributed by atoms with van der Waals surface area (Å²) in [6.45, 7) is 7.82. The van der Waals surface area contributed by atoms with Gasteiger partial charge in [-0.3, -0.25) is 0 Å². The molecule has 0 aliphatic carbocycles. The largest absolute Gasteiger partial charge is 0.484 e. The van der Waals surface area contributed by atoms with Crippen LogP contribution in [0.25, 0.3) is 0 Å². The molecule has 0 saturated heterocycles. The summed E-state index contributed by atoms with van der Waals surface area (Å²) in [5.74, 6) is 0.921. The molecule has 0 unspecified atom stereocenters. The summed E-state index contributed by atoms with van der Waals surface area (Å²) in [5, 5.41) is 8.72. The number of benzene rings is 1. The Kier molecular flexibility index (Phi) is 2.97. The summed E-state index contributed by atoms with van der Waals surface area (Å²) in [7, 11) is 0. The summed E-state index contributed by atoms with van der Waals surface area (Å²) in [6, 6.07) is 8.41. The van der Waals surface area contributed by atoms with Crippen molar-refractivity contribution in [1.82, 2.24) is 0 Å². The van der Waals surface area contributed by atoms with Crippen molar-refractivity contribution < 1.29 is 4.74 Å². The van der Waals surface area contributed by atoms with Gasteiger partial charge >= 0.3 is 0 Å². The minimum Gasteiger partial charge on any atom is -0.484 e. The maximum Gasteiger partial charge on any atom is 0.143 e. The molecule has 0 amide bonds. The van der Waals surface area contributed by atoms with Crippen LogP contribution in [0.3, 0.4) is 0 Å². The third kappa shape index (κ3) is 2.52. The van der Waals surface area contributed by atoms with Gasteiger partial charge in [0.2, 0.25) is 0 Å². The average Bonchev–Trinajstić information content (AvgIpc) is 2.26. The zero-order chi connectivity index (χ0) is 12.5. The maximum absolute atomic E-state index is 8.72. The smallest absolute Gasteiger partial charge is 0.143 e. The first-order chi connectivity index (χ1) is 8.02. The Morgan fingerprint density at radius 3 is 2.94 bits per heavy atom. The molecule has 3 heteroatoms. The lowest BCUT2D eigenvalue weighted by Crippen LogP contribution is -2.47. The highest BCUT2D eigenvalue weighted by atomic mass is 16.5. The van der Waals surface area contributed by atoms with Crippen LogP contribution in [0.5, 0.6) is 5.75 Å². The highest BCUT2D eigenvalue weighted by Crippen LogP contribution is 2.37. The Hall–Kier alpha value is -1.69. The molecule has 17 heavy (non-hydrogen) atoms. The molecule has 1 aliphatic rings. The molecule has 0 aromatic heterocycles. The van der Waals surface area contributed by atoms with E-state index in [4.69, 9.17) is 10.00 Å². The highest BCUT2D eigenvalue weighted by molar-refractivity contribution is 5.62. The number of fused-ring (bicyclic) bond motifs is 1. The van der Waals surface area contributed by atoms with Crippen molar-refractivity contribution in [3.8, 4) is 11.8 Å². The van der Waals surface area contributed by atoms with Crippen LogP contribution in [0.4, 0.5) is 5.69 Å². The first-order valence-electron chi connectivity index (χ1n) is 5.93. The second-order valence-electron chi connectivity index (χ2n) is 5.16. The number of aryl methyl sites for hydroxylation is 1. The van der Waals surface area contributed by atoms with Crippen LogP contribution < -0.4 is 9.64 Å². The third-order valence-electron chi connectivity index (χ3n) is 2.91. The molecule has 0 fully saturated rings. The standard InChI is InChI=1S/C14H18N2O/c1-11-5-6-13-12(9-11)16(8-4-7-15)10-14(2,3)17-13/h5-6,9H,4,8,10H2,1-3H3. The molecule has 0 radical (unpaired) electrons. The van der Waals surface area contributed by atoms with E-state index in [9.17, 15) is 0 Å². The van der Waals surface area contributed by atoms with E-state index in [-0.39, 0.29) is 5.60 Å². The molecule has 0 saturated carbocycles. The van der Waals surface area contributed by atoms with Crippen LogP contribution in [-0.4, -0.2) is 18.7 Å². The Bertz CT molecular complexity index is 460. The molecule has 1 aromatic rings. The zero-order valence-corrected chi connectivity index (χ0v) is 10.7. The van der Waals surface area contributed by atoms with Gasteiger partial charge in [0.25, 0.3) is 0 Å². The normalized spacial score (nSPS) is 16.9. The molecule has 2 rings (SSSR count). The lowest BCUT2D eigenvalue weighted by atomic mass is 10.0. The van der Waals surface area contributed by atoms with Gasteiger partial charge in [-0.1, -0.05) is 6.07 Å². The van der Waals surface area contributed by atoms with Gasteiger partial charge in [0.15, 0.2) is 0 Å². The van der Waals surface area contributed by atoms with Crippen molar-refractivity contribution in [3.63, 3.8) is 0 Å². The monoisotopic (exact) mass is 230 g/mol. The van der Waals surface area contributed by atoms with E-state index in [2.05, 4.69) is 43.9 Å². The molecular weight excluding hydrogens is 212 g/mol. The molecule has 1 heterocycles. The molecule has 0 atom stereocenters. The Balaban J connectivity index is 2.34. The van der Waals surface area contributed by atoms with Crippen molar-refractivity contribution in [2.75, 3.05) is 18.0 Å². The second kappa shape index (κ2) is 4.29. The van der Waals surface area contributed by atoms with Crippen molar-refractivity contribution in [1.29, 1.82) is 5.26 Å². The fourth-order valence-electron chi connectivity index (χ4n) is 2.22. The van der Waals surface area contributed by atoms with Crippen molar-refractivity contribution in [2.24, 2.45) is 0 Å². The van der Waals surface area contributed by atoms with Crippen molar-refractivity contribution in [3.05, 3.63) is 23.8 Å². The van der Waals surface area contributed by atoms with Gasteiger partial charge in [-0.05, 0) is 38.5 Å². The summed E-state index contributed by atoms with van der Waals surface area (Å²) in [4.78, 5) is 2.25. The molecule has 90 valence electrons. The fourth-order valence-corrected chi connectivity index (χ4v) is 2.22. The second-order valence-corrected chi connectivity index (χ2v) is 5.16. The molecule has 0 N–H and O–H groups in total. The predicted octanol–water partition coefficient (Wildman–Crippen LogP) is 2.89. The first kappa shape index (κ1) is 11.8. The van der Waals surface area contributed by atoms with Gasteiger partial charge in [-0.15, -0.1) is 0 Å². The van der Waals surface area contributed by atoms with Crippen molar-refractivity contribution in [2.45, 2.75) is 32.8 Å². The lowest BCUT2D eigenvalue weighted by molar-refractivity contribution is 0.105. The Morgan fingerprint density at radius 1 is 1.47 bits per heavy atom. The van der Waals surface area contributed by atoms with Gasteiger partial charge in [0.1, 0.15) is 11.4 Å². The summed E-state index contributed by atoms with van der Waals surface area (Å²) in [5.41, 5.74) is 2.13. The van der Waals surface area contributed by atoms with Crippen LogP contribution in [-0.2, 0) is 0 Å². The van der Waals surface area contributed by atoms with E-state index in [1.54, 1.807) is 0 Å². The topological polar surface area (TPSA) is 36.3 Å². The fraction of sp³-hybridized carbons (Fsp3) is 0.500. The van der Waals surface area contributed by atoms with Gasteiger partial charge in [0, 0.05) is 6.54 Å². The minimum absolute atomic E-state index is 0.197. The van der Waals surface area contributed by atoms with Crippen molar-refractivity contribution >= 4 is 5.69 Å². The number of ether oxygens (including phenoxy) is 1. The van der Waals surface area contributed by atoms with E-state index in [1.807, 2.05) is 6.07 Å². The van der Waals surface area contributed by atoms with Gasteiger partial charge in [0.05, 0.1) is 24.7 Å². The predicted molar refractivity (Wildman–Crippen MR) is 68.3 cm³/mol. The molecular formula is C14H18N2O. The van der Waals surface area contributed by atoms with Crippen LogP contribution >= 0.6 is 0 Å². The minimum atomic E-state index is -0.197. The molecule has 3 nitrogen and oxygen atoms in total. The third-order valence-corrected chi connectivity index (χ3v) is 2.91. The van der Waals surface area contributed by atoms with Crippen LogP contribution in [0.15, 0.2) is 18.2 Å². The molecule has 1 aliphatic heterocycles. The Morgan fingerprint density at radius 2 is 2.24 bits per heavy atom. The van der Waals surface area contributed by atoms with E-state index in [0.717, 1.165) is 24.5 Å². The van der Waals surface area contributed by atoms with Gasteiger partial charge in [-0.25, -0.2) is 0 Å². The highest BCUT2D eigenvalue weighted by Gasteiger charge is 2.31. The van der Waals surface area contributed by atoms with E-state index in [0.29, 0.717) is 6.42 Å². The van der Waals surface area contributed by atoms with Crippen LogP contribution in [0, 0.1) is 18.3 Å². The maximum atomic E-state index is 8.72. The first-order valence-corrected chi connectivity index (χ1v) is 5.93. The molecule has 1 aromatic carbocycles. The number of nitriles is 1. The number of nitrogens with zero attached hydrogens (tertiary/aromatic N) is 2. The molecule has 0 bridgehead atoms. The van der Waals surface area contributed by atoms with E-state index in [1.165, 1.54) is 5.56 Å². The number of rotatable bonds is 2. The quantitative estimate of drug-likeness (QED) is 0.783. The van der Waals surface area contributed by atoms with Gasteiger partial charge in [-0.2, -0.15) is 5.26 Å². The van der Waals surface area contributed by atoms with Crippen LogP contribution in [0.2, 0.25) is 0 Å². The molecule has 0 spiro atoms. The SMILES string of the molecule is Cc1ccc2c(c1)N(CCC#N)CC(C)(C)O2. The summed E-state index contributed by atoms with van der Waals surface area (Å²) >= 11 is 0. The summed E-state index contributed by atoms with van der Waals surface area (Å²) < 4.78 is 5.96. The lowest BCUT2D eigenvalue weighted by Gasteiger charge is -2.40. The number of hydrogen-bond donors (Lipinski definition) is 0. The van der Waals surface area contributed by atoms with Crippen LogP contribution in [0.1, 0.15) is 25.8 Å². The number of hydrogen-bond acceptors (Lipinski definition) is 3.